The second-order valence-corrected chi connectivity index (χ2v) is 13.7. The summed E-state index contributed by atoms with van der Waals surface area (Å²) in [6.07, 6.45) is 18.2. The summed E-state index contributed by atoms with van der Waals surface area (Å²) < 4.78 is 10.9. The molecule has 0 unspecified atom stereocenters. The van der Waals surface area contributed by atoms with Crippen molar-refractivity contribution < 1.29 is 28.7 Å². The van der Waals surface area contributed by atoms with Gasteiger partial charge in [-0.05, 0) is 105 Å². The molecule has 0 heterocycles. The molecule has 0 atom stereocenters. The maximum atomic E-state index is 13.4. The minimum absolute atomic E-state index is 0.0160. The van der Waals surface area contributed by atoms with Gasteiger partial charge in [0, 0.05) is 11.5 Å². The Morgan fingerprint density at radius 2 is 1.24 bits per heavy atom. The van der Waals surface area contributed by atoms with Crippen molar-refractivity contribution in [3.63, 3.8) is 0 Å². The zero-order valence-corrected chi connectivity index (χ0v) is 24.6. The molecular formula is C35H46O6. The number of carbonyl (C=O) groups is 4. The van der Waals surface area contributed by atoms with E-state index in [0.29, 0.717) is 5.92 Å². The van der Waals surface area contributed by atoms with Gasteiger partial charge in [0.05, 0.1) is 11.8 Å². The number of carbonyl (C=O) groups excluding carboxylic acids is 4. The third-order valence-corrected chi connectivity index (χ3v) is 11.3. The molecule has 222 valence electrons. The summed E-state index contributed by atoms with van der Waals surface area (Å²) >= 11 is 0. The van der Waals surface area contributed by atoms with Crippen LogP contribution < -0.4 is 0 Å². The molecule has 5 aliphatic rings. The average molecular weight is 563 g/mol. The molecule has 1 aromatic rings. The van der Waals surface area contributed by atoms with Crippen molar-refractivity contribution in [1.82, 2.24) is 0 Å². The predicted molar refractivity (Wildman–Crippen MR) is 155 cm³/mol. The van der Waals surface area contributed by atoms with Crippen LogP contribution in [0.1, 0.15) is 142 Å². The van der Waals surface area contributed by atoms with E-state index in [9.17, 15) is 19.2 Å². The molecule has 0 aliphatic heterocycles. The maximum absolute atomic E-state index is 13.4. The molecule has 6 rings (SSSR count). The Morgan fingerprint density at radius 1 is 0.659 bits per heavy atom. The number of hydrogen-bond donors (Lipinski definition) is 0. The first-order chi connectivity index (χ1) is 19.9. The van der Waals surface area contributed by atoms with E-state index in [4.69, 9.17) is 9.47 Å². The number of benzene rings is 1. The van der Waals surface area contributed by atoms with E-state index in [-0.39, 0.29) is 59.9 Å². The molecule has 41 heavy (non-hydrogen) atoms. The topological polar surface area (TPSA) is 86.7 Å². The second-order valence-electron chi connectivity index (χ2n) is 13.7. The van der Waals surface area contributed by atoms with Gasteiger partial charge in [-0.2, -0.15) is 0 Å². The van der Waals surface area contributed by atoms with E-state index in [2.05, 4.69) is 6.07 Å². The first kappa shape index (κ1) is 28.6. The lowest BCUT2D eigenvalue weighted by atomic mass is 9.70. The fourth-order valence-electron chi connectivity index (χ4n) is 8.95. The van der Waals surface area contributed by atoms with E-state index in [1.165, 1.54) is 42.4 Å². The quantitative estimate of drug-likeness (QED) is 0.239. The van der Waals surface area contributed by atoms with Crippen LogP contribution in [-0.2, 0) is 35.7 Å². The zero-order valence-electron chi connectivity index (χ0n) is 24.6. The molecule has 4 fully saturated rings. The molecule has 0 saturated heterocycles. The van der Waals surface area contributed by atoms with Crippen LogP contribution in [0.3, 0.4) is 0 Å². The normalized spacial score (nSPS) is 25.9. The largest absolute Gasteiger partial charge is 0.457 e. The van der Waals surface area contributed by atoms with Crippen molar-refractivity contribution in [2.75, 3.05) is 13.2 Å². The molecule has 0 aromatic heterocycles. The zero-order chi connectivity index (χ0) is 28.4. The van der Waals surface area contributed by atoms with Crippen LogP contribution in [0.5, 0.6) is 0 Å². The molecule has 1 aromatic carbocycles. The Morgan fingerprint density at radius 3 is 1.85 bits per heavy atom. The predicted octanol–water partition coefficient (Wildman–Crippen LogP) is 6.94. The van der Waals surface area contributed by atoms with Crippen molar-refractivity contribution in [3.05, 3.63) is 34.4 Å². The van der Waals surface area contributed by atoms with Gasteiger partial charge in [0.25, 0.3) is 0 Å². The number of fused-ring (bicyclic) bond motifs is 2. The van der Waals surface area contributed by atoms with E-state index in [1.807, 2.05) is 6.07 Å². The summed E-state index contributed by atoms with van der Waals surface area (Å²) in [6, 6.07) is 4.18. The van der Waals surface area contributed by atoms with Crippen LogP contribution in [-0.4, -0.2) is 36.7 Å². The molecule has 0 bridgehead atoms. The molecule has 0 amide bonds. The Hall–Kier alpha value is -2.50. The van der Waals surface area contributed by atoms with Gasteiger partial charge < -0.3 is 9.47 Å². The Balaban J connectivity index is 1.12. The van der Waals surface area contributed by atoms with Crippen LogP contribution in [0.25, 0.3) is 0 Å². The first-order valence-electron chi connectivity index (χ1n) is 16.5. The highest BCUT2D eigenvalue weighted by Gasteiger charge is 2.45. The summed E-state index contributed by atoms with van der Waals surface area (Å²) in [4.78, 5) is 51.0. The molecule has 4 saturated carbocycles. The number of hydrogen-bond acceptors (Lipinski definition) is 6. The molecule has 0 radical (unpaired) electrons. The Labute approximate surface area is 244 Å². The Kier molecular flexibility index (Phi) is 8.65. The van der Waals surface area contributed by atoms with E-state index in [1.54, 1.807) is 0 Å². The minimum atomic E-state index is -0.212. The summed E-state index contributed by atoms with van der Waals surface area (Å²) in [5.74, 6) is -0.117. The van der Waals surface area contributed by atoms with Crippen LogP contribution in [0.2, 0.25) is 0 Å². The molecule has 1 spiro atoms. The lowest BCUT2D eigenvalue weighted by Gasteiger charge is -2.34. The van der Waals surface area contributed by atoms with Crippen LogP contribution >= 0.6 is 0 Å². The van der Waals surface area contributed by atoms with Gasteiger partial charge in [-0.1, -0.05) is 50.7 Å². The van der Waals surface area contributed by atoms with Gasteiger partial charge in [-0.25, -0.2) is 0 Å². The van der Waals surface area contributed by atoms with Gasteiger partial charge in [-0.3, -0.25) is 19.2 Å². The highest BCUT2D eigenvalue weighted by Crippen LogP contribution is 2.54. The summed E-state index contributed by atoms with van der Waals surface area (Å²) in [5, 5.41) is 0. The van der Waals surface area contributed by atoms with Crippen molar-refractivity contribution in [1.29, 1.82) is 0 Å². The molecule has 6 nitrogen and oxygen atoms in total. The van der Waals surface area contributed by atoms with Crippen molar-refractivity contribution in [2.45, 2.75) is 127 Å². The number of ketones is 2. The van der Waals surface area contributed by atoms with Crippen molar-refractivity contribution in [3.8, 4) is 0 Å². The van der Waals surface area contributed by atoms with E-state index < -0.39 is 0 Å². The van der Waals surface area contributed by atoms with Gasteiger partial charge in [0.2, 0.25) is 5.78 Å². The van der Waals surface area contributed by atoms with E-state index in [0.717, 1.165) is 95.5 Å². The third kappa shape index (κ3) is 5.90. The lowest BCUT2D eigenvalue weighted by Crippen LogP contribution is -2.28. The number of esters is 2. The molecule has 0 N–H and O–H groups in total. The van der Waals surface area contributed by atoms with Crippen LogP contribution in [0, 0.1) is 17.8 Å². The monoisotopic (exact) mass is 562 g/mol. The standard InChI is InChI=1S/C35H46O6/c36-30(21-40-33(38)25-7-1-2-8-25)24-13-11-23(12-14-24)27-15-16-28(29-17-20-35(32(27)29)18-5-6-19-35)31(37)22-41-34(39)26-9-3-4-10-26/h15-16,23-26H,1-14,17-22H2. The second kappa shape index (κ2) is 12.4. The van der Waals surface area contributed by atoms with E-state index >= 15 is 0 Å². The number of rotatable bonds is 9. The Bertz CT molecular complexity index is 1160. The molecule has 5 aliphatic carbocycles. The minimum Gasteiger partial charge on any atom is -0.457 e. The lowest BCUT2D eigenvalue weighted by molar-refractivity contribution is -0.153. The summed E-state index contributed by atoms with van der Waals surface area (Å²) in [5.41, 5.74) is 4.92. The van der Waals surface area contributed by atoms with Gasteiger partial charge >= 0.3 is 11.9 Å². The highest BCUT2D eigenvalue weighted by atomic mass is 16.5. The van der Waals surface area contributed by atoms with Gasteiger partial charge in [-0.15, -0.1) is 0 Å². The van der Waals surface area contributed by atoms with Crippen LogP contribution in [0.4, 0.5) is 0 Å². The van der Waals surface area contributed by atoms with Gasteiger partial charge in [0.15, 0.2) is 12.4 Å². The number of ether oxygens (including phenoxy) is 2. The fraction of sp³-hybridized carbons (Fsp3) is 0.714. The van der Waals surface area contributed by atoms with Gasteiger partial charge in [0.1, 0.15) is 6.61 Å². The van der Waals surface area contributed by atoms with Crippen molar-refractivity contribution in [2.24, 2.45) is 17.8 Å². The smallest absolute Gasteiger partial charge is 0.309 e. The SMILES string of the molecule is O=C(COC(=O)C1CCCC1)c1ccc(C2CCC(C(=O)COC(=O)C3CCCC3)CC2)c2c1CCC21CCCC1. The first-order valence-corrected chi connectivity index (χ1v) is 16.5. The number of Topliss-reactive ketones (excluding diaryl/α,β-unsaturated/α-hetero) is 2. The van der Waals surface area contributed by atoms with Crippen LogP contribution in [0.15, 0.2) is 12.1 Å². The third-order valence-electron chi connectivity index (χ3n) is 11.3. The molecular weight excluding hydrogens is 516 g/mol. The highest BCUT2D eigenvalue weighted by molar-refractivity contribution is 6.00. The summed E-state index contributed by atoms with van der Waals surface area (Å²) in [6.45, 7) is -0.238. The average Bonchev–Trinajstić information content (AvgIpc) is 3.83. The van der Waals surface area contributed by atoms with Crippen molar-refractivity contribution >= 4 is 23.5 Å². The summed E-state index contributed by atoms with van der Waals surface area (Å²) in [7, 11) is 0. The molecule has 6 heteroatoms. The fourth-order valence-corrected chi connectivity index (χ4v) is 8.95. The maximum Gasteiger partial charge on any atom is 0.309 e.